The highest BCUT2D eigenvalue weighted by Crippen LogP contribution is 2.21. The zero-order valence-corrected chi connectivity index (χ0v) is 36.7. The second-order valence-electron chi connectivity index (χ2n) is 14.7. The van der Waals surface area contributed by atoms with Gasteiger partial charge in [0.15, 0.2) is 13.0 Å². The molecule has 1 N–H and O–H groups in total. The van der Waals surface area contributed by atoms with E-state index in [2.05, 4.69) is 60.2 Å². The van der Waals surface area contributed by atoms with Crippen LogP contribution in [0.25, 0.3) is 21.5 Å². The van der Waals surface area contributed by atoms with Crippen LogP contribution in [0, 0.1) is 6.92 Å². The molecule has 7 rings (SSSR count). The lowest BCUT2D eigenvalue weighted by atomic mass is 10.1. The Bertz CT molecular complexity index is 2480. The molecular weight excluding hydrogens is 825 g/mol. The molecule has 3 unspecified atom stereocenters. The number of hydrogen-bond acceptors (Lipinski definition) is 11. The fourth-order valence-electron chi connectivity index (χ4n) is 6.43. The average molecular weight is 880 g/mol. The SMILES string of the molecule is CC(=O)OC(COCOCc1ccc2ccccc2c1)c1ccccc1.CC(=O)OCC(O)c1ccccc1.[CH2+]C(=O)OCC(OCOCc1ccc2ccccc2c1)c1ccccc1. The second-order valence-corrected chi connectivity index (χ2v) is 14.7. The van der Waals surface area contributed by atoms with Crippen LogP contribution in [0.5, 0.6) is 0 Å². The molecule has 65 heavy (non-hydrogen) atoms. The molecule has 3 atom stereocenters. The zero-order valence-electron chi connectivity index (χ0n) is 36.7. The first-order valence-electron chi connectivity index (χ1n) is 21.1. The third-order valence-electron chi connectivity index (χ3n) is 9.63. The maximum Gasteiger partial charge on any atom is 0.493 e. The van der Waals surface area contributed by atoms with Crippen LogP contribution < -0.4 is 0 Å². The molecule has 7 aromatic carbocycles. The number of aliphatic hydroxyl groups excluding tert-OH is 1. The standard InChI is InChI=1S/C22H21O4.C22H22O4.C10H12O3/c1-17(23)25-15-22(20-8-3-2-4-9-20)26-16-24-14-18-11-12-19-7-5-6-10-21(19)13-18;1-17(23)26-22(20-8-3-2-4-9-20)15-25-16-24-14-18-11-12-19-7-5-6-10-21(19)13-18;1-8(11)13-7-10(12)9-5-3-2-4-6-9/h2-13,22H,1,14-16H2;2-13,22H,14-16H2,1H3;2-6,10,12H,7H2,1H3/q+1;;. The summed E-state index contributed by atoms with van der Waals surface area (Å²) in [5, 5.41) is 14.3. The maximum absolute atomic E-state index is 11.3. The number of rotatable bonds is 19. The Kier molecular flexibility index (Phi) is 20.7. The Morgan fingerprint density at radius 1 is 0.477 bits per heavy atom. The van der Waals surface area contributed by atoms with Gasteiger partial charge in [-0.3, -0.25) is 9.59 Å². The van der Waals surface area contributed by atoms with Crippen molar-refractivity contribution in [2.45, 2.75) is 45.4 Å². The molecule has 0 spiro atoms. The predicted octanol–water partition coefficient (Wildman–Crippen LogP) is 10.4. The average Bonchev–Trinajstić information content (AvgIpc) is 3.33. The molecule has 0 radical (unpaired) electrons. The van der Waals surface area contributed by atoms with Crippen molar-refractivity contribution in [3.63, 3.8) is 0 Å². The maximum atomic E-state index is 11.3. The smallest absolute Gasteiger partial charge is 0.463 e. The Labute approximate surface area is 380 Å². The minimum Gasteiger partial charge on any atom is -0.463 e. The predicted molar refractivity (Wildman–Crippen MR) is 249 cm³/mol. The number of benzene rings is 7. The van der Waals surface area contributed by atoms with E-state index in [9.17, 15) is 19.5 Å². The second kappa shape index (κ2) is 27.4. The van der Waals surface area contributed by atoms with E-state index in [4.69, 9.17) is 28.4 Å². The number of fused-ring (bicyclic) bond motifs is 2. The molecule has 0 saturated heterocycles. The van der Waals surface area contributed by atoms with E-state index in [1.165, 1.54) is 35.4 Å². The van der Waals surface area contributed by atoms with Gasteiger partial charge in [-0.15, -0.1) is 0 Å². The van der Waals surface area contributed by atoms with Crippen LogP contribution in [0.3, 0.4) is 0 Å². The van der Waals surface area contributed by atoms with E-state index in [-0.39, 0.29) is 45.3 Å². The van der Waals surface area contributed by atoms with Gasteiger partial charge in [-0.1, -0.05) is 164 Å². The largest absolute Gasteiger partial charge is 0.493 e. The number of carbonyl (C=O) groups is 3. The summed E-state index contributed by atoms with van der Waals surface area (Å²) in [5.41, 5.74) is 4.74. The molecule has 0 aliphatic heterocycles. The van der Waals surface area contributed by atoms with Crippen LogP contribution in [0.1, 0.15) is 60.0 Å². The summed E-state index contributed by atoms with van der Waals surface area (Å²) >= 11 is 0. The minimum atomic E-state index is -0.731. The van der Waals surface area contributed by atoms with Crippen molar-refractivity contribution < 1.29 is 52.6 Å². The molecule has 0 bridgehead atoms. The van der Waals surface area contributed by atoms with Crippen molar-refractivity contribution in [2.75, 3.05) is 33.4 Å². The lowest BCUT2D eigenvalue weighted by molar-refractivity contribution is -0.154. The Morgan fingerprint density at radius 3 is 1.43 bits per heavy atom. The molecule has 0 amide bonds. The van der Waals surface area contributed by atoms with Gasteiger partial charge < -0.3 is 38.3 Å². The van der Waals surface area contributed by atoms with Crippen LogP contribution in [0.2, 0.25) is 0 Å². The van der Waals surface area contributed by atoms with Crippen LogP contribution in [-0.2, 0) is 60.8 Å². The van der Waals surface area contributed by atoms with E-state index in [1.807, 2.05) is 115 Å². The quantitative estimate of drug-likeness (QED) is 0.0273. The fraction of sp³-hybridized carbons (Fsp3) is 0.222. The highest BCUT2D eigenvalue weighted by molar-refractivity contribution is 5.83. The summed E-state index contributed by atoms with van der Waals surface area (Å²) in [4.78, 5) is 32.7. The lowest BCUT2D eigenvalue weighted by Gasteiger charge is -2.17. The van der Waals surface area contributed by atoms with Crippen LogP contribution in [0.15, 0.2) is 176 Å². The summed E-state index contributed by atoms with van der Waals surface area (Å²) in [6.07, 6.45) is -1.55. The summed E-state index contributed by atoms with van der Waals surface area (Å²) in [5.74, 6) is -1.29. The van der Waals surface area contributed by atoms with Crippen molar-refractivity contribution in [1.29, 1.82) is 0 Å². The van der Waals surface area contributed by atoms with Crippen molar-refractivity contribution >= 4 is 39.5 Å². The van der Waals surface area contributed by atoms with Crippen LogP contribution >= 0.6 is 0 Å². The highest BCUT2D eigenvalue weighted by Gasteiger charge is 2.16. The monoisotopic (exact) mass is 879 g/mol. The number of esters is 3. The molecule has 11 nitrogen and oxygen atoms in total. The van der Waals surface area contributed by atoms with Gasteiger partial charge in [0, 0.05) is 13.8 Å². The molecule has 11 heteroatoms. The third kappa shape index (κ3) is 18.0. The zero-order chi connectivity index (χ0) is 46.1. The number of ether oxygens (including phenoxy) is 7. The Hall–Kier alpha value is -6.86. The number of hydrogen-bond donors (Lipinski definition) is 1. The molecule has 336 valence electrons. The molecule has 0 saturated carbocycles. The van der Waals surface area contributed by atoms with Gasteiger partial charge in [-0.25, -0.2) is 0 Å². The van der Waals surface area contributed by atoms with Crippen LogP contribution in [0.4, 0.5) is 0 Å². The van der Waals surface area contributed by atoms with Gasteiger partial charge in [0.25, 0.3) is 0 Å². The molecule has 0 aromatic heterocycles. The first-order valence-corrected chi connectivity index (χ1v) is 21.1. The first kappa shape index (κ1) is 49.2. The summed E-state index contributed by atoms with van der Waals surface area (Å²) in [7, 11) is 0. The Balaban J connectivity index is 0.000000194. The van der Waals surface area contributed by atoms with Crippen molar-refractivity contribution in [2.24, 2.45) is 0 Å². The summed E-state index contributed by atoms with van der Waals surface area (Å²) < 4.78 is 37.6. The van der Waals surface area contributed by atoms with Crippen molar-refractivity contribution in [3.8, 4) is 0 Å². The molecule has 0 heterocycles. The summed E-state index contributed by atoms with van der Waals surface area (Å²) in [6.45, 7) is 7.44. The lowest BCUT2D eigenvalue weighted by Crippen LogP contribution is -2.16. The van der Waals surface area contributed by atoms with E-state index in [1.54, 1.807) is 12.1 Å². The normalized spacial score (nSPS) is 12.0. The molecular formula is C54H55O11+. The van der Waals surface area contributed by atoms with Gasteiger partial charge in [-0.05, 0) is 61.5 Å². The van der Waals surface area contributed by atoms with E-state index < -0.39 is 24.3 Å². The van der Waals surface area contributed by atoms with Crippen molar-refractivity contribution in [1.82, 2.24) is 0 Å². The Morgan fingerprint density at radius 2 is 0.938 bits per heavy atom. The number of aliphatic hydroxyl groups is 1. The van der Waals surface area contributed by atoms with Crippen LogP contribution in [-0.4, -0.2) is 56.4 Å². The van der Waals surface area contributed by atoms with Gasteiger partial charge in [-0.2, -0.15) is 4.79 Å². The molecule has 0 fully saturated rings. The van der Waals surface area contributed by atoms with Gasteiger partial charge in [0.1, 0.15) is 39.0 Å². The van der Waals surface area contributed by atoms with Gasteiger partial charge in [0.05, 0.1) is 19.8 Å². The van der Waals surface area contributed by atoms with E-state index in [0.717, 1.165) is 27.8 Å². The summed E-state index contributed by atoms with van der Waals surface area (Å²) in [6, 6.07) is 57.1. The molecule has 7 aromatic rings. The first-order chi connectivity index (χ1) is 31.6. The molecule has 0 aliphatic rings. The third-order valence-corrected chi connectivity index (χ3v) is 9.63. The van der Waals surface area contributed by atoms with Gasteiger partial charge >= 0.3 is 17.9 Å². The topological polar surface area (TPSA) is 136 Å². The van der Waals surface area contributed by atoms with E-state index in [0.29, 0.717) is 13.2 Å². The highest BCUT2D eigenvalue weighted by atomic mass is 16.7. The fourth-order valence-corrected chi connectivity index (χ4v) is 6.43. The minimum absolute atomic E-state index is 0.0132. The van der Waals surface area contributed by atoms with E-state index >= 15 is 0 Å². The van der Waals surface area contributed by atoms with Crippen molar-refractivity contribution in [3.05, 3.63) is 211 Å². The molecule has 0 aliphatic carbocycles. The van der Waals surface area contributed by atoms with Gasteiger partial charge in [0.2, 0.25) is 0 Å². The number of carbonyl (C=O) groups excluding carboxylic acids is 3.